The number of hydrogen-bond acceptors (Lipinski definition) is 1. The monoisotopic (exact) mass is 194 g/mol. The fourth-order valence-corrected chi connectivity index (χ4v) is 1.50. The van der Waals surface area contributed by atoms with Crippen molar-refractivity contribution in [3.63, 3.8) is 0 Å². The topological polar surface area (TPSA) is 17.1 Å². The molecule has 0 aliphatic carbocycles. The minimum atomic E-state index is -0.216. The van der Waals surface area contributed by atoms with Crippen molar-refractivity contribution in [2.75, 3.05) is 0 Å². The van der Waals surface area contributed by atoms with Crippen LogP contribution in [0.1, 0.15) is 25.8 Å². The van der Waals surface area contributed by atoms with Crippen LogP contribution in [0.15, 0.2) is 24.3 Å². The highest BCUT2D eigenvalue weighted by Crippen LogP contribution is 2.15. The van der Waals surface area contributed by atoms with Crippen molar-refractivity contribution >= 4 is 5.78 Å². The van der Waals surface area contributed by atoms with Gasteiger partial charge in [0.2, 0.25) is 0 Å². The fourth-order valence-electron chi connectivity index (χ4n) is 1.50. The Labute approximate surface area is 83.9 Å². The van der Waals surface area contributed by atoms with Gasteiger partial charge in [0, 0.05) is 5.92 Å². The Hall–Kier alpha value is -1.18. The van der Waals surface area contributed by atoms with Crippen LogP contribution in [0.2, 0.25) is 0 Å². The summed E-state index contributed by atoms with van der Waals surface area (Å²) >= 11 is 0. The van der Waals surface area contributed by atoms with Gasteiger partial charge in [-0.25, -0.2) is 4.39 Å². The minimum Gasteiger partial charge on any atom is -0.300 e. The summed E-state index contributed by atoms with van der Waals surface area (Å²) in [5.41, 5.74) is 0.634. The molecule has 1 aromatic carbocycles. The summed E-state index contributed by atoms with van der Waals surface area (Å²) < 4.78 is 13.2. The highest BCUT2D eigenvalue weighted by molar-refractivity contribution is 5.78. The van der Waals surface area contributed by atoms with Crippen LogP contribution in [0, 0.1) is 11.7 Å². The van der Waals surface area contributed by atoms with Crippen molar-refractivity contribution in [2.45, 2.75) is 26.7 Å². The number of benzene rings is 1. The van der Waals surface area contributed by atoms with E-state index in [1.165, 1.54) is 6.07 Å². The zero-order valence-electron chi connectivity index (χ0n) is 8.59. The minimum absolute atomic E-state index is 0.0492. The van der Waals surface area contributed by atoms with E-state index in [0.29, 0.717) is 12.0 Å². The van der Waals surface area contributed by atoms with Gasteiger partial charge in [0.25, 0.3) is 0 Å². The predicted molar refractivity (Wildman–Crippen MR) is 54.6 cm³/mol. The summed E-state index contributed by atoms with van der Waals surface area (Å²) in [7, 11) is 0. The SMILES string of the molecule is CCC(Cc1ccccc1F)C(C)=O. The van der Waals surface area contributed by atoms with Crippen molar-refractivity contribution in [3.05, 3.63) is 35.6 Å². The summed E-state index contributed by atoms with van der Waals surface area (Å²) in [6.07, 6.45) is 1.28. The van der Waals surface area contributed by atoms with E-state index < -0.39 is 0 Å². The highest BCUT2D eigenvalue weighted by Gasteiger charge is 2.14. The van der Waals surface area contributed by atoms with Crippen LogP contribution in [0.25, 0.3) is 0 Å². The number of rotatable bonds is 4. The first-order valence-corrected chi connectivity index (χ1v) is 4.89. The van der Waals surface area contributed by atoms with Gasteiger partial charge in [-0.15, -0.1) is 0 Å². The maximum Gasteiger partial charge on any atom is 0.133 e. The van der Waals surface area contributed by atoms with Crippen molar-refractivity contribution in [1.82, 2.24) is 0 Å². The zero-order chi connectivity index (χ0) is 10.6. The molecule has 0 amide bonds. The van der Waals surface area contributed by atoms with Crippen LogP contribution in [0.3, 0.4) is 0 Å². The molecule has 0 radical (unpaired) electrons. The Morgan fingerprint density at radius 2 is 2.07 bits per heavy atom. The molecular formula is C12H15FO. The molecule has 1 nitrogen and oxygen atoms in total. The Kier molecular flexibility index (Phi) is 3.81. The first-order chi connectivity index (χ1) is 6.65. The van der Waals surface area contributed by atoms with Crippen molar-refractivity contribution in [1.29, 1.82) is 0 Å². The maximum absolute atomic E-state index is 13.2. The third-order valence-corrected chi connectivity index (χ3v) is 2.49. The molecule has 0 heterocycles. The molecular weight excluding hydrogens is 179 g/mol. The van der Waals surface area contributed by atoms with Crippen LogP contribution in [0.4, 0.5) is 4.39 Å². The van der Waals surface area contributed by atoms with Crippen molar-refractivity contribution < 1.29 is 9.18 Å². The van der Waals surface area contributed by atoms with Crippen LogP contribution in [-0.4, -0.2) is 5.78 Å². The van der Waals surface area contributed by atoms with Crippen LogP contribution >= 0.6 is 0 Å². The number of carbonyl (C=O) groups excluding carboxylic acids is 1. The number of ketones is 1. The lowest BCUT2D eigenvalue weighted by atomic mass is 9.93. The van der Waals surface area contributed by atoms with Gasteiger partial charge >= 0.3 is 0 Å². The Morgan fingerprint density at radius 1 is 1.43 bits per heavy atom. The maximum atomic E-state index is 13.2. The van der Waals surface area contributed by atoms with Gasteiger partial charge < -0.3 is 0 Å². The van der Waals surface area contributed by atoms with Gasteiger partial charge in [-0.1, -0.05) is 25.1 Å². The molecule has 1 atom stereocenters. The molecule has 0 aliphatic heterocycles. The van der Waals surface area contributed by atoms with Gasteiger partial charge in [-0.3, -0.25) is 4.79 Å². The van der Waals surface area contributed by atoms with Gasteiger partial charge in [0.05, 0.1) is 0 Å². The Balaban J connectivity index is 2.77. The lowest BCUT2D eigenvalue weighted by molar-refractivity contribution is -0.120. The van der Waals surface area contributed by atoms with E-state index in [1.807, 2.05) is 6.92 Å². The number of Topliss-reactive ketones (excluding diaryl/α,β-unsaturated/α-hetero) is 1. The van der Waals surface area contributed by atoms with Gasteiger partial charge in [0.15, 0.2) is 0 Å². The number of carbonyl (C=O) groups is 1. The first kappa shape index (κ1) is 10.9. The summed E-state index contributed by atoms with van der Waals surface area (Å²) in [4.78, 5) is 11.2. The van der Waals surface area contributed by atoms with Crippen LogP contribution in [0.5, 0.6) is 0 Å². The molecule has 0 aromatic heterocycles. The van der Waals surface area contributed by atoms with E-state index in [-0.39, 0.29) is 17.5 Å². The molecule has 0 spiro atoms. The average molecular weight is 194 g/mol. The molecule has 76 valence electrons. The summed E-state index contributed by atoms with van der Waals surface area (Å²) in [6.45, 7) is 3.52. The van der Waals surface area contributed by atoms with Crippen LogP contribution < -0.4 is 0 Å². The van der Waals surface area contributed by atoms with E-state index in [2.05, 4.69) is 0 Å². The quantitative estimate of drug-likeness (QED) is 0.720. The highest BCUT2D eigenvalue weighted by atomic mass is 19.1. The van der Waals surface area contributed by atoms with E-state index in [4.69, 9.17) is 0 Å². The summed E-state index contributed by atoms with van der Waals surface area (Å²) in [5, 5.41) is 0. The Bertz CT molecular complexity index is 320. The molecule has 0 aliphatic rings. The molecule has 0 bridgehead atoms. The Morgan fingerprint density at radius 3 is 2.57 bits per heavy atom. The molecule has 0 saturated heterocycles. The first-order valence-electron chi connectivity index (χ1n) is 4.89. The van der Waals surface area contributed by atoms with E-state index in [9.17, 15) is 9.18 Å². The van der Waals surface area contributed by atoms with Gasteiger partial charge in [-0.05, 0) is 31.4 Å². The smallest absolute Gasteiger partial charge is 0.133 e. The van der Waals surface area contributed by atoms with E-state index in [1.54, 1.807) is 25.1 Å². The van der Waals surface area contributed by atoms with Gasteiger partial charge in [0.1, 0.15) is 11.6 Å². The number of halogens is 1. The predicted octanol–water partition coefficient (Wildman–Crippen LogP) is 2.98. The molecule has 0 N–H and O–H groups in total. The van der Waals surface area contributed by atoms with Gasteiger partial charge in [-0.2, -0.15) is 0 Å². The molecule has 1 aromatic rings. The molecule has 0 saturated carbocycles. The lowest BCUT2D eigenvalue weighted by Gasteiger charge is -2.11. The third kappa shape index (κ3) is 2.66. The fraction of sp³-hybridized carbons (Fsp3) is 0.417. The second-order valence-electron chi connectivity index (χ2n) is 3.51. The standard InChI is InChI=1S/C12H15FO/c1-3-10(9(2)14)8-11-6-4-5-7-12(11)13/h4-7,10H,3,8H2,1-2H3. The normalized spacial score (nSPS) is 12.5. The molecule has 2 heteroatoms. The number of hydrogen-bond donors (Lipinski definition) is 0. The lowest BCUT2D eigenvalue weighted by Crippen LogP contribution is -2.13. The second kappa shape index (κ2) is 4.89. The summed E-state index contributed by atoms with van der Waals surface area (Å²) in [6, 6.07) is 6.63. The molecule has 1 unspecified atom stereocenters. The largest absolute Gasteiger partial charge is 0.300 e. The van der Waals surface area contributed by atoms with Crippen LogP contribution in [-0.2, 0) is 11.2 Å². The zero-order valence-corrected chi connectivity index (χ0v) is 8.59. The van der Waals surface area contributed by atoms with E-state index in [0.717, 1.165) is 6.42 Å². The molecule has 14 heavy (non-hydrogen) atoms. The average Bonchev–Trinajstić information content (AvgIpc) is 2.16. The summed E-state index contributed by atoms with van der Waals surface area (Å²) in [5.74, 6) is -0.130. The second-order valence-corrected chi connectivity index (χ2v) is 3.51. The van der Waals surface area contributed by atoms with E-state index >= 15 is 0 Å². The van der Waals surface area contributed by atoms with Crippen molar-refractivity contribution in [3.8, 4) is 0 Å². The molecule has 1 rings (SSSR count). The third-order valence-electron chi connectivity index (χ3n) is 2.49. The molecule has 0 fully saturated rings. The van der Waals surface area contributed by atoms with Crippen molar-refractivity contribution in [2.24, 2.45) is 5.92 Å².